The summed E-state index contributed by atoms with van der Waals surface area (Å²) >= 11 is 0. The topological polar surface area (TPSA) is 130 Å². The molecular formula is C31H30N4O6. The monoisotopic (exact) mass is 554 g/mol. The number of aliphatic hydroxyl groups excluding tert-OH is 2. The summed E-state index contributed by atoms with van der Waals surface area (Å²) in [5.41, 5.74) is 3.87. The molecule has 0 atom stereocenters. The van der Waals surface area contributed by atoms with Gasteiger partial charge in [-0.2, -0.15) is 0 Å². The Hall–Kier alpha value is -4.80. The molecule has 4 amide bonds. The first-order valence-electron chi connectivity index (χ1n) is 13.2. The van der Waals surface area contributed by atoms with E-state index in [1.54, 1.807) is 37.4 Å². The molecule has 0 unspecified atom stereocenters. The van der Waals surface area contributed by atoms with Crippen molar-refractivity contribution in [1.82, 2.24) is 9.80 Å². The maximum absolute atomic E-state index is 12.5. The summed E-state index contributed by atoms with van der Waals surface area (Å²) in [5, 5.41) is 24.3. The molecule has 0 spiro atoms. The zero-order chi connectivity index (χ0) is 29.4. The van der Waals surface area contributed by atoms with Gasteiger partial charge in [-0.05, 0) is 36.4 Å². The number of hydrogen-bond acceptors (Lipinski definition) is 8. The van der Waals surface area contributed by atoms with Crippen molar-refractivity contribution < 1.29 is 29.4 Å². The third-order valence-electron chi connectivity index (χ3n) is 7.36. The Balaban J connectivity index is 0.000000165. The van der Waals surface area contributed by atoms with Crippen LogP contribution in [0.2, 0.25) is 0 Å². The van der Waals surface area contributed by atoms with Crippen LogP contribution in [0.3, 0.4) is 0 Å². The number of aliphatic hydroxyl groups is 2. The van der Waals surface area contributed by atoms with Gasteiger partial charge in [-0.15, -0.1) is 0 Å². The molecule has 0 fully saturated rings. The maximum Gasteiger partial charge on any atom is 0.261 e. The fraction of sp³-hybridized carbons (Fsp3) is 0.226. The number of nitrogens with one attached hydrogen (secondary N) is 1. The number of amides is 4. The van der Waals surface area contributed by atoms with E-state index in [9.17, 15) is 19.2 Å². The summed E-state index contributed by atoms with van der Waals surface area (Å²) < 4.78 is 0. The van der Waals surface area contributed by atoms with E-state index in [2.05, 4.69) is 5.32 Å². The van der Waals surface area contributed by atoms with Crippen LogP contribution in [0.25, 0.3) is 21.5 Å². The Bertz CT molecular complexity index is 1690. The molecule has 0 aromatic heterocycles. The average Bonchev–Trinajstić information content (AvgIpc) is 2.98. The Morgan fingerprint density at radius 2 is 1.07 bits per heavy atom. The van der Waals surface area contributed by atoms with Crippen molar-refractivity contribution in [2.24, 2.45) is 0 Å². The molecule has 2 heterocycles. The van der Waals surface area contributed by atoms with Gasteiger partial charge in [-0.25, -0.2) is 0 Å². The lowest BCUT2D eigenvalue weighted by Crippen LogP contribution is -2.42. The van der Waals surface area contributed by atoms with Crippen LogP contribution in [0.5, 0.6) is 0 Å². The van der Waals surface area contributed by atoms with Crippen LogP contribution in [0.15, 0.2) is 60.7 Å². The van der Waals surface area contributed by atoms with Crippen molar-refractivity contribution >= 4 is 56.5 Å². The molecule has 10 nitrogen and oxygen atoms in total. The van der Waals surface area contributed by atoms with Gasteiger partial charge in [-0.1, -0.05) is 24.3 Å². The Morgan fingerprint density at radius 1 is 0.634 bits per heavy atom. The Kier molecular flexibility index (Phi) is 7.44. The smallest absolute Gasteiger partial charge is 0.261 e. The van der Waals surface area contributed by atoms with Crippen molar-refractivity contribution in [3.05, 3.63) is 82.9 Å². The lowest BCUT2D eigenvalue weighted by molar-refractivity contribution is 0.0567. The van der Waals surface area contributed by atoms with Crippen molar-refractivity contribution in [2.45, 2.75) is 0 Å². The Labute approximate surface area is 236 Å². The number of nitrogens with zero attached hydrogens (tertiary/aromatic N) is 3. The summed E-state index contributed by atoms with van der Waals surface area (Å²) in [6.45, 7) is -0.444. The minimum Gasteiger partial charge on any atom is -0.395 e. The minimum absolute atomic E-state index is 0.0152. The molecule has 4 aromatic rings. The average molecular weight is 555 g/mol. The first-order valence-corrected chi connectivity index (χ1v) is 13.2. The molecule has 6 rings (SSSR count). The molecule has 10 heteroatoms. The number of carbonyl (C=O) groups excluding carboxylic acids is 4. The van der Waals surface area contributed by atoms with Crippen molar-refractivity contribution in [3.63, 3.8) is 0 Å². The predicted molar refractivity (Wildman–Crippen MR) is 157 cm³/mol. The summed E-state index contributed by atoms with van der Waals surface area (Å²) in [4.78, 5) is 53.8. The van der Waals surface area contributed by atoms with Crippen LogP contribution in [0.4, 0.5) is 11.4 Å². The quantitative estimate of drug-likeness (QED) is 0.310. The highest BCUT2D eigenvalue weighted by Gasteiger charge is 2.34. The van der Waals surface area contributed by atoms with E-state index >= 15 is 0 Å². The van der Waals surface area contributed by atoms with Gasteiger partial charge in [0.25, 0.3) is 23.6 Å². The number of imide groups is 2. The molecule has 210 valence electrons. The molecule has 0 bridgehead atoms. The maximum atomic E-state index is 12.5. The molecule has 0 saturated carbocycles. The highest BCUT2D eigenvalue weighted by Crippen LogP contribution is 2.36. The number of carbonyl (C=O) groups is 4. The first-order chi connectivity index (χ1) is 19.7. The molecule has 3 N–H and O–H groups in total. The zero-order valence-electron chi connectivity index (χ0n) is 23.0. The normalized spacial score (nSPS) is 14.0. The van der Waals surface area contributed by atoms with Crippen LogP contribution in [0.1, 0.15) is 41.4 Å². The molecule has 0 radical (unpaired) electrons. The van der Waals surface area contributed by atoms with Crippen LogP contribution in [0, 0.1) is 0 Å². The van der Waals surface area contributed by atoms with Crippen molar-refractivity contribution in [3.8, 4) is 0 Å². The van der Waals surface area contributed by atoms with Gasteiger partial charge >= 0.3 is 0 Å². The van der Waals surface area contributed by atoms with Crippen molar-refractivity contribution in [1.29, 1.82) is 0 Å². The van der Waals surface area contributed by atoms with E-state index in [1.165, 1.54) is 0 Å². The molecular weight excluding hydrogens is 524 g/mol. The van der Waals surface area contributed by atoms with Crippen LogP contribution < -0.4 is 10.2 Å². The lowest BCUT2D eigenvalue weighted by atomic mass is 9.93. The van der Waals surface area contributed by atoms with E-state index in [1.807, 2.05) is 49.3 Å². The third-order valence-corrected chi connectivity index (χ3v) is 7.36. The fourth-order valence-electron chi connectivity index (χ4n) is 5.49. The summed E-state index contributed by atoms with van der Waals surface area (Å²) in [7, 11) is 5.65. The predicted octanol–water partition coefficient (Wildman–Crippen LogP) is 2.96. The largest absolute Gasteiger partial charge is 0.395 e. The highest BCUT2D eigenvalue weighted by atomic mass is 16.3. The molecule has 2 aliphatic rings. The van der Waals surface area contributed by atoms with Gasteiger partial charge in [0.15, 0.2) is 0 Å². The van der Waals surface area contributed by atoms with Gasteiger partial charge in [-0.3, -0.25) is 29.0 Å². The fourth-order valence-corrected chi connectivity index (χ4v) is 5.49. The number of rotatable bonds is 6. The summed E-state index contributed by atoms with van der Waals surface area (Å²) in [6.07, 6.45) is 0. The lowest BCUT2D eigenvalue weighted by Gasteiger charge is -2.28. The van der Waals surface area contributed by atoms with Gasteiger partial charge in [0.05, 0.1) is 26.3 Å². The second-order valence-electron chi connectivity index (χ2n) is 9.86. The van der Waals surface area contributed by atoms with Crippen LogP contribution in [-0.2, 0) is 0 Å². The second kappa shape index (κ2) is 11.0. The minimum atomic E-state index is -0.351. The Morgan fingerprint density at radius 3 is 1.54 bits per heavy atom. The van der Waals surface area contributed by atoms with Gasteiger partial charge in [0.1, 0.15) is 0 Å². The van der Waals surface area contributed by atoms with E-state index < -0.39 is 0 Å². The zero-order valence-corrected chi connectivity index (χ0v) is 23.0. The van der Waals surface area contributed by atoms with E-state index in [0.29, 0.717) is 33.0 Å². The number of β-amino-alcohol motifs (C(OH)–C–C–N with tert-alkyl or cyclic N) is 2. The third kappa shape index (κ3) is 4.47. The first kappa shape index (κ1) is 27.8. The van der Waals surface area contributed by atoms with E-state index in [4.69, 9.17) is 10.2 Å². The van der Waals surface area contributed by atoms with Gasteiger partial charge in [0, 0.05) is 76.3 Å². The molecule has 0 saturated heterocycles. The highest BCUT2D eigenvalue weighted by molar-refractivity contribution is 6.27. The van der Waals surface area contributed by atoms with E-state index in [0.717, 1.165) is 31.9 Å². The standard InChI is InChI=1S/C16H16N2O3.C15H14N2O3/c1-17(2)13-7-6-12-14-10(13)4-3-5-11(14)15(20)18(8-9-19)16(12)21;1-16-12-6-5-11-13-9(12)3-2-4-10(13)14(19)17(7-8-18)15(11)20/h3-7,19H,8-9H2,1-2H3;2-6,16,18H,7-8H2,1H3. The molecule has 4 aromatic carbocycles. The van der Waals surface area contributed by atoms with Crippen molar-refractivity contribution in [2.75, 3.05) is 57.7 Å². The SMILES string of the molecule is CN(C)c1ccc2c3c(cccc13)C(=O)N(CCO)C2=O.CNc1ccc2c3c(cccc13)C(=O)N(CCO)C2=O. The van der Waals surface area contributed by atoms with Gasteiger partial charge < -0.3 is 20.4 Å². The molecule has 2 aliphatic heterocycles. The van der Waals surface area contributed by atoms with Crippen LogP contribution >= 0.6 is 0 Å². The van der Waals surface area contributed by atoms with Crippen LogP contribution in [-0.4, -0.2) is 91.1 Å². The van der Waals surface area contributed by atoms with E-state index in [-0.39, 0.29) is 49.9 Å². The number of hydrogen-bond donors (Lipinski definition) is 3. The number of anilines is 2. The number of benzene rings is 4. The molecule has 0 aliphatic carbocycles. The van der Waals surface area contributed by atoms with Gasteiger partial charge in [0.2, 0.25) is 0 Å². The molecule has 41 heavy (non-hydrogen) atoms. The second-order valence-corrected chi connectivity index (χ2v) is 9.86. The summed E-state index contributed by atoms with van der Waals surface area (Å²) in [6, 6.07) is 18.0. The summed E-state index contributed by atoms with van der Waals surface area (Å²) in [5.74, 6) is -1.39.